The van der Waals surface area contributed by atoms with Gasteiger partial charge < -0.3 is 9.47 Å². The zero-order chi connectivity index (χ0) is 21.8. The Balaban J connectivity index is 1.96. The smallest absolute Gasteiger partial charge is 0.325 e. The van der Waals surface area contributed by atoms with E-state index in [2.05, 4.69) is 9.97 Å². The van der Waals surface area contributed by atoms with Gasteiger partial charge in [-0.3, -0.25) is 4.79 Å². The second kappa shape index (κ2) is 8.89. The SMILES string of the molecule is CC(=O)C(C)Cc1cnc(Oc2ccc(F)cc2F)nc1Oc1ccc(F)cc1F. The predicted molar refractivity (Wildman–Crippen MR) is 98.4 cm³/mol. The van der Waals surface area contributed by atoms with E-state index in [-0.39, 0.29) is 35.6 Å². The lowest BCUT2D eigenvalue weighted by molar-refractivity contribution is -0.120. The number of ketones is 1. The van der Waals surface area contributed by atoms with Crippen molar-refractivity contribution in [3.05, 3.63) is 71.4 Å². The monoisotopic (exact) mass is 420 g/mol. The molecule has 1 heterocycles. The second-order valence-corrected chi connectivity index (χ2v) is 6.55. The minimum absolute atomic E-state index is 0.0948. The molecule has 2 aromatic carbocycles. The van der Waals surface area contributed by atoms with Crippen molar-refractivity contribution >= 4 is 5.78 Å². The standard InChI is InChI=1S/C21H16F4N2O3/c1-11(12(2)28)7-13-10-26-21(30-19-6-4-15(23)9-17(19)25)27-20(13)29-18-5-3-14(22)8-16(18)24/h3-6,8-11H,7H2,1-2H3. The van der Waals surface area contributed by atoms with Crippen LogP contribution >= 0.6 is 0 Å². The van der Waals surface area contributed by atoms with E-state index in [1.54, 1.807) is 6.92 Å². The van der Waals surface area contributed by atoms with Crippen molar-refractivity contribution in [2.75, 3.05) is 0 Å². The maximum Gasteiger partial charge on any atom is 0.325 e. The Kier molecular flexibility index (Phi) is 6.29. The summed E-state index contributed by atoms with van der Waals surface area (Å²) in [4.78, 5) is 19.6. The zero-order valence-corrected chi connectivity index (χ0v) is 16.0. The van der Waals surface area contributed by atoms with Crippen LogP contribution in [0.15, 0.2) is 42.6 Å². The molecule has 1 aromatic heterocycles. The van der Waals surface area contributed by atoms with E-state index in [9.17, 15) is 22.4 Å². The molecule has 30 heavy (non-hydrogen) atoms. The molecule has 0 amide bonds. The summed E-state index contributed by atoms with van der Waals surface area (Å²) in [5.74, 6) is -4.81. The van der Waals surface area contributed by atoms with Gasteiger partial charge in [0, 0.05) is 29.8 Å². The average molecular weight is 420 g/mol. The molecule has 0 aliphatic carbocycles. The van der Waals surface area contributed by atoms with E-state index in [0.717, 1.165) is 24.3 Å². The minimum Gasteiger partial charge on any atom is -0.435 e. The van der Waals surface area contributed by atoms with Crippen molar-refractivity contribution in [2.24, 2.45) is 5.92 Å². The number of aromatic nitrogens is 2. The highest BCUT2D eigenvalue weighted by Crippen LogP contribution is 2.30. The van der Waals surface area contributed by atoms with Gasteiger partial charge in [-0.15, -0.1) is 0 Å². The van der Waals surface area contributed by atoms with Gasteiger partial charge in [0.25, 0.3) is 0 Å². The molecule has 3 rings (SSSR count). The summed E-state index contributed by atoms with van der Waals surface area (Å²) in [5, 5.41) is 0. The number of hydrogen-bond donors (Lipinski definition) is 0. The molecule has 3 aromatic rings. The van der Waals surface area contributed by atoms with Gasteiger partial charge >= 0.3 is 6.01 Å². The number of hydrogen-bond acceptors (Lipinski definition) is 5. The van der Waals surface area contributed by atoms with Gasteiger partial charge in [0.2, 0.25) is 5.88 Å². The number of nitrogens with zero attached hydrogens (tertiary/aromatic N) is 2. The third kappa shape index (κ3) is 5.11. The van der Waals surface area contributed by atoms with Crippen LogP contribution in [0.1, 0.15) is 19.4 Å². The summed E-state index contributed by atoms with van der Waals surface area (Å²) in [6, 6.07) is 5.04. The molecule has 5 nitrogen and oxygen atoms in total. The Morgan fingerprint density at radius 3 is 2.07 bits per heavy atom. The maximum atomic E-state index is 14.0. The molecule has 9 heteroatoms. The van der Waals surface area contributed by atoms with E-state index in [1.807, 2.05) is 0 Å². The zero-order valence-electron chi connectivity index (χ0n) is 16.0. The van der Waals surface area contributed by atoms with Crippen LogP contribution in [0.2, 0.25) is 0 Å². The van der Waals surface area contributed by atoms with E-state index in [1.165, 1.54) is 13.1 Å². The largest absolute Gasteiger partial charge is 0.435 e. The first kappa shape index (κ1) is 21.2. The van der Waals surface area contributed by atoms with Gasteiger partial charge in [-0.2, -0.15) is 4.98 Å². The van der Waals surface area contributed by atoms with Crippen LogP contribution in [0.3, 0.4) is 0 Å². The molecule has 0 spiro atoms. The third-order valence-electron chi connectivity index (χ3n) is 4.22. The third-order valence-corrected chi connectivity index (χ3v) is 4.22. The number of halogens is 4. The van der Waals surface area contributed by atoms with Gasteiger partial charge in [0.1, 0.15) is 17.4 Å². The summed E-state index contributed by atoms with van der Waals surface area (Å²) in [7, 11) is 0. The number of carbonyl (C=O) groups is 1. The van der Waals surface area contributed by atoms with Crippen LogP contribution in [0, 0.1) is 29.2 Å². The lowest BCUT2D eigenvalue weighted by Gasteiger charge is -2.14. The second-order valence-electron chi connectivity index (χ2n) is 6.55. The van der Waals surface area contributed by atoms with E-state index >= 15 is 0 Å². The van der Waals surface area contributed by atoms with E-state index < -0.39 is 29.2 Å². The van der Waals surface area contributed by atoms with Crippen LogP contribution in [-0.2, 0) is 11.2 Å². The molecule has 1 unspecified atom stereocenters. The van der Waals surface area contributed by atoms with Crippen molar-refractivity contribution in [1.29, 1.82) is 0 Å². The molecule has 0 fully saturated rings. The Morgan fingerprint density at radius 2 is 1.53 bits per heavy atom. The summed E-state index contributed by atoms with van der Waals surface area (Å²) in [6.07, 6.45) is 1.47. The van der Waals surface area contributed by atoms with E-state index in [0.29, 0.717) is 17.7 Å². The predicted octanol–water partition coefficient (Wildman–Crippen LogP) is 5.39. The summed E-state index contributed by atoms with van der Waals surface area (Å²) in [5.41, 5.74) is 0.355. The fourth-order valence-electron chi connectivity index (χ4n) is 2.45. The topological polar surface area (TPSA) is 61.3 Å². The molecule has 0 aliphatic heterocycles. The maximum absolute atomic E-state index is 14.0. The fraction of sp³-hybridized carbons (Fsp3) is 0.190. The van der Waals surface area contributed by atoms with Gasteiger partial charge in [-0.1, -0.05) is 6.92 Å². The Morgan fingerprint density at radius 1 is 0.967 bits per heavy atom. The van der Waals surface area contributed by atoms with Crippen LogP contribution in [-0.4, -0.2) is 15.8 Å². The molecule has 0 bridgehead atoms. The van der Waals surface area contributed by atoms with E-state index in [4.69, 9.17) is 9.47 Å². The van der Waals surface area contributed by atoms with Gasteiger partial charge in [-0.05, 0) is 37.6 Å². The molecule has 0 aliphatic rings. The average Bonchev–Trinajstić information content (AvgIpc) is 2.68. The van der Waals surface area contributed by atoms with Crippen molar-refractivity contribution in [3.63, 3.8) is 0 Å². The molecule has 156 valence electrons. The number of Topliss-reactive ketones (excluding diaryl/α,β-unsaturated/α-hetero) is 1. The first-order valence-corrected chi connectivity index (χ1v) is 8.85. The fourth-order valence-corrected chi connectivity index (χ4v) is 2.45. The molecule has 0 saturated carbocycles. The molecule has 0 N–H and O–H groups in total. The quantitative estimate of drug-likeness (QED) is 0.480. The first-order valence-electron chi connectivity index (χ1n) is 8.85. The molecular formula is C21H16F4N2O3. The van der Waals surface area contributed by atoms with Crippen LogP contribution in [0.5, 0.6) is 23.4 Å². The van der Waals surface area contributed by atoms with Gasteiger partial charge in [-0.25, -0.2) is 22.5 Å². The van der Waals surface area contributed by atoms with Crippen molar-refractivity contribution < 1.29 is 31.8 Å². The van der Waals surface area contributed by atoms with Crippen molar-refractivity contribution in [2.45, 2.75) is 20.3 Å². The number of benzene rings is 2. The Labute approximate surface area is 169 Å². The minimum atomic E-state index is -0.972. The number of carbonyl (C=O) groups excluding carboxylic acids is 1. The van der Waals surface area contributed by atoms with Crippen molar-refractivity contribution in [1.82, 2.24) is 9.97 Å². The normalized spacial score (nSPS) is 11.8. The molecule has 0 saturated heterocycles. The van der Waals surface area contributed by atoms with Crippen LogP contribution in [0.25, 0.3) is 0 Å². The summed E-state index contributed by atoms with van der Waals surface area (Å²) < 4.78 is 64.8. The number of rotatable bonds is 7. The molecule has 1 atom stereocenters. The van der Waals surface area contributed by atoms with Crippen LogP contribution < -0.4 is 9.47 Å². The summed E-state index contributed by atoms with van der Waals surface area (Å²) >= 11 is 0. The van der Waals surface area contributed by atoms with Crippen molar-refractivity contribution in [3.8, 4) is 23.4 Å². The Hall–Kier alpha value is -3.49. The lowest BCUT2D eigenvalue weighted by atomic mass is 9.99. The summed E-state index contributed by atoms with van der Waals surface area (Å²) in [6.45, 7) is 3.10. The lowest BCUT2D eigenvalue weighted by Crippen LogP contribution is -2.11. The molecular weight excluding hydrogens is 404 g/mol. The highest BCUT2D eigenvalue weighted by molar-refractivity contribution is 5.78. The Bertz CT molecular complexity index is 1090. The van der Waals surface area contributed by atoms with Crippen LogP contribution in [0.4, 0.5) is 17.6 Å². The van der Waals surface area contributed by atoms with Gasteiger partial charge in [0.05, 0.1) is 0 Å². The number of ether oxygens (including phenoxy) is 2. The highest BCUT2D eigenvalue weighted by Gasteiger charge is 2.18. The van der Waals surface area contributed by atoms with Gasteiger partial charge in [0.15, 0.2) is 23.1 Å². The highest BCUT2D eigenvalue weighted by atomic mass is 19.1. The molecule has 0 radical (unpaired) electrons. The first-order chi connectivity index (χ1) is 14.2.